The second-order valence-corrected chi connectivity index (χ2v) is 4.29. The summed E-state index contributed by atoms with van der Waals surface area (Å²) in [4.78, 5) is 2.09. The molecule has 0 saturated carbocycles. The Balaban J connectivity index is 2.42. The number of hydrogen-bond acceptors (Lipinski definition) is 3. The van der Waals surface area contributed by atoms with E-state index in [4.69, 9.17) is 5.73 Å². The Kier molecular flexibility index (Phi) is 2.31. The van der Waals surface area contributed by atoms with E-state index in [9.17, 15) is 4.39 Å². The van der Waals surface area contributed by atoms with Crippen LogP contribution in [-0.4, -0.2) is 18.8 Å². The summed E-state index contributed by atoms with van der Waals surface area (Å²) >= 11 is 0. The monoisotopic (exact) mass is 209 g/mol. The lowest BCUT2D eigenvalue weighted by atomic mass is 10.2. The Bertz CT molecular complexity index is 376. The first-order valence-electron chi connectivity index (χ1n) is 5.10. The van der Waals surface area contributed by atoms with Crippen LogP contribution in [-0.2, 0) is 0 Å². The van der Waals surface area contributed by atoms with E-state index in [0.29, 0.717) is 6.54 Å². The van der Waals surface area contributed by atoms with E-state index in [-0.39, 0.29) is 11.5 Å². The van der Waals surface area contributed by atoms with Gasteiger partial charge in [0, 0.05) is 13.1 Å². The maximum Gasteiger partial charge on any atom is 0.125 e. The summed E-state index contributed by atoms with van der Waals surface area (Å²) in [6, 6.07) is 4.78. The van der Waals surface area contributed by atoms with E-state index in [1.54, 1.807) is 12.1 Å². The summed E-state index contributed by atoms with van der Waals surface area (Å²) < 4.78 is 13.1. The number of rotatable bonds is 2. The molecule has 0 aliphatic carbocycles. The van der Waals surface area contributed by atoms with Gasteiger partial charge in [0.25, 0.3) is 0 Å². The van der Waals surface area contributed by atoms with Gasteiger partial charge in [-0.3, -0.25) is 0 Å². The highest BCUT2D eigenvalue weighted by Gasteiger charge is 2.34. The van der Waals surface area contributed by atoms with Gasteiger partial charge in [-0.2, -0.15) is 0 Å². The summed E-state index contributed by atoms with van der Waals surface area (Å²) in [5.41, 5.74) is 7.22. The van der Waals surface area contributed by atoms with Crippen LogP contribution in [0.25, 0.3) is 0 Å². The molecule has 0 bridgehead atoms. The molecule has 3 N–H and O–H groups in total. The third-order valence-corrected chi connectivity index (χ3v) is 2.72. The number of hydrogen-bond donors (Lipinski definition) is 2. The first kappa shape index (κ1) is 10.2. The number of halogens is 1. The van der Waals surface area contributed by atoms with Crippen molar-refractivity contribution in [2.24, 2.45) is 5.73 Å². The molecule has 82 valence electrons. The molecule has 2 rings (SSSR count). The maximum absolute atomic E-state index is 13.1. The summed E-state index contributed by atoms with van der Waals surface area (Å²) in [6.45, 7) is 5.39. The van der Waals surface area contributed by atoms with Gasteiger partial charge in [-0.25, -0.2) is 4.39 Å². The van der Waals surface area contributed by atoms with Crippen LogP contribution in [0.2, 0.25) is 0 Å². The molecule has 0 aromatic heterocycles. The van der Waals surface area contributed by atoms with Crippen LogP contribution in [0.4, 0.5) is 15.8 Å². The minimum absolute atomic E-state index is 0.199. The van der Waals surface area contributed by atoms with Crippen LogP contribution in [0.1, 0.15) is 13.8 Å². The van der Waals surface area contributed by atoms with Crippen molar-refractivity contribution in [2.45, 2.75) is 19.5 Å². The third-order valence-electron chi connectivity index (χ3n) is 2.72. The highest BCUT2D eigenvalue weighted by molar-refractivity contribution is 5.77. The fourth-order valence-corrected chi connectivity index (χ4v) is 2.06. The van der Waals surface area contributed by atoms with Gasteiger partial charge in [-0.1, -0.05) is 0 Å². The predicted molar refractivity (Wildman–Crippen MR) is 60.5 cm³/mol. The molecule has 1 aromatic carbocycles. The highest BCUT2D eigenvalue weighted by atomic mass is 19.1. The molecule has 3 nitrogen and oxygen atoms in total. The molecule has 1 aromatic rings. The van der Waals surface area contributed by atoms with Crippen LogP contribution in [0.15, 0.2) is 18.2 Å². The molecule has 0 atom stereocenters. The molecular weight excluding hydrogens is 193 g/mol. The Morgan fingerprint density at radius 3 is 2.87 bits per heavy atom. The molecule has 0 saturated heterocycles. The van der Waals surface area contributed by atoms with Crippen molar-refractivity contribution in [1.82, 2.24) is 0 Å². The zero-order valence-corrected chi connectivity index (χ0v) is 9.05. The first-order chi connectivity index (χ1) is 7.04. The number of fused-ring (bicyclic) bond motifs is 1. The zero-order valence-electron chi connectivity index (χ0n) is 9.05. The molecule has 4 heteroatoms. The SMILES string of the molecule is CC1(C)Nc2ccc(F)cc2N1CCN. The van der Waals surface area contributed by atoms with E-state index < -0.39 is 0 Å². The number of nitrogens with two attached hydrogens (primary N) is 1. The quantitative estimate of drug-likeness (QED) is 0.779. The summed E-state index contributed by atoms with van der Waals surface area (Å²) in [7, 11) is 0. The Labute approximate surface area is 89.1 Å². The molecule has 0 fully saturated rings. The van der Waals surface area contributed by atoms with Crippen LogP contribution < -0.4 is 16.0 Å². The smallest absolute Gasteiger partial charge is 0.125 e. The first-order valence-corrected chi connectivity index (χ1v) is 5.10. The summed E-state index contributed by atoms with van der Waals surface area (Å²) in [6.07, 6.45) is 0. The molecule has 0 amide bonds. The summed E-state index contributed by atoms with van der Waals surface area (Å²) in [5.74, 6) is -0.213. The van der Waals surface area contributed by atoms with Crippen molar-refractivity contribution in [3.8, 4) is 0 Å². The largest absolute Gasteiger partial charge is 0.361 e. The average Bonchev–Trinajstić information content (AvgIpc) is 2.39. The summed E-state index contributed by atoms with van der Waals surface area (Å²) in [5, 5.41) is 3.34. The molecule has 1 aliphatic heterocycles. The lowest BCUT2D eigenvalue weighted by Crippen LogP contribution is -2.47. The topological polar surface area (TPSA) is 41.3 Å². The Morgan fingerprint density at radius 2 is 2.20 bits per heavy atom. The second-order valence-electron chi connectivity index (χ2n) is 4.29. The fraction of sp³-hybridized carbons (Fsp3) is 0.455. The zero-order chi connectivity index (χ0) is 11.1. The van der Waals surface area contributed by atoms with Crippen molar-refractivity contribution in [3.05, 3.63) is 24.0 Å². The molecule has 1 aliphatic rings. The number of nitrogens with zero attached hydrogens (tertiary/aromatic N) is 1. The van der Waals surface area contributed by atoms with Gasteiger partial charge in [0.2, 0.25) is 0 Å². The number of nitrogens with one attached hydrogen (secondary N) is 1. The van der Waals surface area contributed by atoms with Gasteiger partial charge < -0.3 is 16.0 Å². The molecule has 0 radical (unpaired) electrons. The van der Waals surface area contributed by atoms with Crippen LogP contribution in [0, 0.1) is 5.82 Å². The average molecular weight is 209 g/mol. The van der Waals surface area contributed by atoms with Crippen molar-refractivity contribution in [1.29, 1.82) is 0 Å². The van der Waals surface area contributed by atoms with Crippen molar-refractivity contribution >= 4 is 11.4 Å². The lowest BCUT2D eigenvalue weighted by molar-refractivity contribution is 0.542. The molecule has 1 heterocycles. The van der Waals surface area contributed by atoms with E-state index in [1.165, 1.54) is 6.07 Å². The second kappa shape index (κ2) is 3.38. The van der Waals surface area contributed by atoms with Gasteiger partial charge in [0.1, 0.15) is 11.5 Å². The molecule has 0 spiro atoms. The van der Waals surface area contributed by atoms with Crippen molar-refractivity contribution < 1.29 is 4.39 Å². The standard InChI is InChI=1S/C11H16FN3/c1-11(2)14-9-4-3-8(12)7-10(9)15(11)6-5-13/h3-4,7,14H,5-6,13H2,1-2H3. The lowest BCUT2D eigenvalue weighted by Gasteiger charge is -2.33. The van der Waals surface area contributed by atoms with E-state index >= 15 is 0 Å². The normalized spacial score (nSPS) is 17.5. The highest BCUT2D eigenvalue weighted by Crippen LogP contribution is 2.39. The van der Waals surface area contributed by atoms with Crippen LogP contribution >= 0.6 is 0 Å². The van der Waals surface area contributed by atoms with Gasteiger partial charge in [-0.05, 0) is 32.0 Å². The van der Waals surface area contributed by atoms with Crippen LogP contribution in [0.3, 0.4) is 0 Å². The predicted octanol–water partition coefficient (Wildman–Crippen LogP) is 1.75. The van der Waals surface area contributed by atoms with E-state index in [1.807, 2.05) is 0 Å². The molecular formula is C11H16FN3. The third kappa shape index (κ3) is 1.65. The number of anilines is 2. The van der Waals surface area contributed by atoms with Gasteiger partial charge >= 0.3 is 0 Å². The van der Waals surface area contributed by atoms with E-state index in [2.05, 4.69) is 24.1 Å². The fourth-order valence-electron chi connectivity index (χ4n) is 2.06. The Morgan fingerprint density at radius 1 is 1.47 bits per heavy atom. The van der Waals surface area contributed by atoms with Crippen LogP contribution in [0.5, 0.6) is 0 Å². The minimum Gasteiger partial charge on any atom is -0.361 e. The van der Waals surface area contributed by atoms with Gasteiger partial charge in [0.05, 0.1) is 11.4 Å². The van der Waals surface area contributed by atoms with Crippen molar-refractivity contribution in [3.63, 3.8) is 0 Å². The van der Waals surface area contributed by atoms with Gasteiger partial charge in [0.15, 0.2) is 0 Å². The Hall–Kier alpha value is -1.29. The van der Waals surface area contributed by atoms with E-state index in [0.717, 1.165) is 17.9 Å². The van der Waals surface area contributed by atoms with Crippen molar-refractivity contribution in [2.75, 3.05) is 23.3 Å². The number of benzene rings is 1. The minimum atomic E-state index is -0.213. The van der Waals surface area contributed by atoms with Gasteiger partial charge in [-0.15, -0.1) is 0 Å². The molecule has 15 heavy (non-hydrogen) atoms. The molecule has 0 unspecified atom stereocenters. The maximum atomic E-state index is 13.1.